The summed E-state index contributed by atoms with van der Waals surface area (Å²) in [7, 11) is 0. The van der Waals surface area contributed by atoms with Gasteiger partial charge in [-0.2, -0.15) is 18.2 Å². The van der Waals surface area contributed by atoms with Crippen LogP contribution in [0, 0.1) is 5.82 Å². The number of anilines is 2. The van der Waals surface area contributed by atoms with Crippen LogP contribution in [-0.4, -0.2) is 25.6 Å². The van der Waals surface area contributed by atoms with Crippen LogP contribution in [0.5, 0.6) is 11.6 Å². The van der Waals surface area contributed by atoms with E-state index in [0.29, 0.717) is 29.1 Å². The van der Waals surface area contributed by atoms with Gasteiger partial charge in [-0.3, -0.25) is 0 Å². The number of fused-ring (bicyclic) bond motifs is 1. The summed E-state index contributed by atoms with van der Waals surface area (Å²) < 4.78 is 60.3. The largest absolute Gasteiger partial charge is 0.437 e. The number of carbonyl (C=O) groups excluding carboxylic acids is 1. The molecule has 0 spiro atoms. The molecule has 2 amide bonds. The monoisotopic (exact) mass is 556 g/mol. The van der Waals surface area contributed by atoms with Crippen LogP contribution >= 0.6 is 11.6 Å². The van der Waals surface area contributed by atoms with E-state index in [0.717, 1.165) is 17.7 Å². The third-order valence-electron chi connectivity index (χ3n) is 5.47. The van der Waals surface area contributed by atoms with Crippen LogP contribution in [0.25, 0.3) is 11.2 Å². The first-order chi connectivity index (χ1) is 18.7. The minimum Gasteiger partial charge on any atom is -0.437 e. The summed E-state index contributed by atoms with van der Waals surface area (Å²) >= 11 is 5.61. The molecule has 5 aromatic rings. The molecule has 2 heterocycles. The van der Waals surface area contributed by atoms with Gasteiger partial charge in [0.2, 0.25) is 0 Å². The topological polar surface area (TPSA) is 94.0 Å². The second-order valence-corrected chi connectivity index (χ2v) is 8.66. The molecular formula is C26H17ClF4N6O2. The molecule has 13 heteroatoms. The van der Waals surface area contributed by atoms with E-state index >= 15 is 0 Å². The third kappa shape index (κ3) is 6.07. The average molecular weight is 557 g/mol. The second-order valence-electron chi connectivity index (χ2n) is 8.25. The smallest absolute Gasteiger partial charge is 0.417 e. The zero-order chi connectivity index (χ0) is 27.6. The maximum Gasteiger partial charge on any atom is 0.417 e. The number of ether oxygens (including phenoxy) is 1. The SMILES string of the molecule is O=C(Nc1ccc(Oc2ncnc3c2ncn3Cc2cccc(F)c2)cc1)Nc1ccc(Cl)c(C(F)(F)F)c1. The van der Waals surface area contributed by atoms with Crippen molar-refractivity contribution in [3.8, 4) is 11.6 Å². The zero-order valence-corrected chi connectivity index (χ0v) is 20.5. The van der Waals surface area contributed by atoms with E-state index in [1.54, 1.807) is 47.3 Å². The van der Waals surface area contributed by atoms with Gasteiger partial charge in [-0.1, -0.05) is 23.7 Å². The number of aromatic nitrogens is 4. The van der Waals surface area contributed by atoms with E-state index in [1.165, 1.54) is 24.5 Å². The molecule has 0 aliphatic heterocycles. The number of nitrogens with zero attached hydrogens (tertiary/aromatic N) is 4. The lowest BCUT2D eigenvalue weighted by molar-refractivity contribution is -0.137. The number of imidazole rings is 1. The molecule has 5 rings (SSSR count). The molecule has 0 aliphatic carbocycles. The van der Waals surface area contributed by atoms with Gasteiger partial charge in [0.1, 0.15) is 17.9 Å². The summed E-state index contributed by atoms with van der Waals surface area (Å²) in [5.41, 5.74) is 0.859. The lowest BCUT2D eigenvalue weighted by Crippen LogP contribution is -2.19. The molecule has 0 radical (unpaired) electrons. The van der Waals surface area contributed by atoms with Crippen LogP contribution < -0.4 is 15.4 Å². The van der Waals surface area contributed by atoms with Gasteiger partial charge in [-0.25, -0.2) is 19.2 Å². The molecule has 198 valence electrons. The highest BCUT2D eigenvalue weighted by Gasteiger charge is 2.33. The highest BCUT2D eigenvalue weighted by atomic mass is 35.5. The Morgan fingerprint density at radius 1 is 0.949 bits per heavy atom. The Bertz CT molecular complexity index is 1660. The zero-order valence-electron chi connectivity index (χ0n) is 19.7. The summed E-state index contributed by atoms with van der Waals surface area (Å²) in [6.07, 6.45) is -1.78. The van der Waals surface area contributed by atoms with Crippen molar-refractivity contribution in [3.63, 3.8) is 0 Å². The number of halogens is 5. The van der Waals surface area contributed by atoms with Gasteiger partial charge in [-0.05, 0) is 60.2 Å². The fraction of sp³-hybridized carbons (Fsp3) is 0.0769. The Balaban J connectivity index is 1.25. The summed E-state index contributed by atoms with van der Waals surface area (Å²) in [6, 6.07) is 14.7. The van der Waals surface area contributed by atoms with E-state index in [4.69, 9.17) is 16.3 Å². The summed E-state index contributed by atoms with van der Waals surface area (Å²) in [6.45, 7) is 0.348. The average Bonchev–Trinajstić information content (AvgIpc) is 3.29. The van der Waals surface area contributed by atoms with E-state index < -0.39 is 22.8 Å². The summed E-state index contributed by atoms with van der Waals surface area (Å²) in [5, 5.41) is 4.40. The summed E-state index contributed by atoms with van der Waals surface area (Å²) in [5.74, 6) is 0.236. The third-order valence-corrected chi connectivity index (χ3v) is 5.80. The van der Waals surface area contributed by atoms with Crippen molar-refractivity contribution >= 4 is 40.2 Å². The maximum absolute atomic E-state index is 13.5. The van der Waals surface area contributed by atoms with E-state index in [9.17, 15) is 22.4 Å². The van der Waals surface area contributed by atoms with Crippen molar-refractivity contribution in [3.05, 3.63) is 101 Å². The Kier molecular flexibility index (Phi) is 7.03. The van der Waals surface area contributed by atoms with Crippen molar-refractivity contribution in [2.24, 2.45) is 0 Å². The molecule has 0 aliphatic rings. The number of hydrogen-bond donors (Lipinski definition) is 2. The highest BCUT2D eigenvalue weighted by molar-refractivity contribution is 6.31. The number of hydrogen-bond acceptors (Lipinski definition) is 5. The molecule has 0 saturated heterocycles. The molecule has 8 nitrogen and oxygen atoms in total. The number of nitrogens with one attached hydrogen (secondary N) is 2. The minimum absolute atomic E-state index is 0.0752. The molecule has 0 saturated carbocycles. The van der Waals surface area contributed by atoms with Crippen LogP contribution in [0.4, 0.5) is 33.7 Å². The van der Waals surface area contributed by atoms with Crippen molar-refractivity contribution in [2.75, 3.05) is 10.6 Å². The fourth-order valence-corrected chi connectivity index (χ4v) is 3.94. The van der Waals surface area contributed by atoms with E-state index in [1.807, 2.05) is 0 Å². The Hall–Kier alpha value is -4.71. The van der Waals surface area contributed by atoms with Crippen LogP contribution in [0.15, 0.2) is 79.4 Å². The van der Waals surface area contributed by atoms with Gasteiger partial charge in [0.15, 0.2) is 11.2 Å². The van der Waals surface area contributed by atoms with Crippen LogP contribution in [-0.2, 0) is 12.7 Å². The number of alkyl halides is 3. The molecule has 2 N–H and O–H groups in total. The standard InChI is InChI=1S/C26H17ClF4N6O2/c27-21-9-6-18(11-20(21)26(29,30)31)36-25(38)35-17-4-7-19(8-5-17)39-24-22-23(32-13-33-24)37(14-34-22)12-15-2-1-3-16(28)10-15/h1-11,13-14H,12H2,(H2,35,36,38). The molecule has 0 atom stereocenters. The first-order valence-electron chi connectivity index (χ1n) is 11.3. The van der Waals surface area contributed by atoms with Crippen molar-refractivity contribution in [2.45, 2.75) is 12.7 Å². The van der Waals surface area contributed by atoms with Crippen LogP contribution in [0.3, 0.4) is 0 Å². The predicted molar refractivity (Wildman–Crippen MR) is 136 cm³/mol. The second kappa shape index (κ2) is 10.6. The number of benzene rings is 3. The number of carbonyl (C=O) groups is 1. The normalized spacial score (nSPS) is 11.4. The minimum atomic E-state index is -4.66. The molecule has 0 unspecified atom stereocenters. The molecule has 2 aromatic heterocycles. The molecule has 0 fully saturated rings. The molecule has 0 bridgehead atoms. The number of amides is 2. The Morgan fingerprint density at radius 3 is 2.44 bits per heavy atom. The van der Waals surface area contributed by atoms with Gasteiger partial charge in [0.05, 0.1) is 23.5 Å². The van der Waals surface area contributed by atoms with Gasteiger partial charge >= 0.3 is 12.2 Å². The van der Waals surface area contributed by atoms with Gasteiger partial charge in [-0.15, -0.1) is 0 Å². The number of rotatable bonds is 6. The lowest BCUT2D eigenvalue weighted by Gasteiger charge is -2.12. The highest BCUT2D eigenvalue weighted by Crippen LogP contribution is 2.36. The van der Waals surface area contributed by atoms with E-state index in [-0.39, 0.29) is 17.4 Å². The van der Waals surface area contributed by atoms with Crippen molar-refractivity contribution in [1.82, 2.24) is 19.5 Å². The predicted octanol–water partition coefficient (Wildman–Crippen LogP) is 7.12. The Morgan fingerprint density at radius 2 is 1.69 bits per heavy atom. The maximum atomic E-state index is 13.5. The summed E-state index contributed by atoms with van der Waals surface area (Å²) in [4.78, 5) is 25.0. The molecular weight excluding hydrogens is 540 g/mol. The molecule has 3 aromatic carbocycles. The van der Waals surface area contributed by atoms with Crippen LogP contribution in [0.2, 0.25) is 5.02 Å². The van der Waals surface area contributed by atoms with Gasteiger partial charge in [0.25, 0.3) is 5.88 Å². The van der Waals surface area contributed by atoms with Gasteiger partial charge < -0.3 is 19.9 Å². The van der Waals surface area contributed by atoms with Gasteiger partial charge in [0, 0.05) is 11.4 Å². The van der Waals surface area contributed by atoms with Crippen LogP contribution in [0.1, 0.15) is 11.1 Å². The van der Waals surface area contributed by atoms with Crippen molar-refractivity contribution < 1.29 is 27.1 Å². The lowest BCUT2D eigenvalue weighted by atomic mass is 10.2. The number of urea groups is 1. The van der Waals surface area contributed by atoms with Crippen molar-refractivity contribution in [1.29, 1.82) is 0 Å². The first-order valence-corrected chi connectivity index (χ1v) is 11.7. The fourth-order valence-electron chi connectivity index (χ4n) is 3.71. The quantitative estimate of drug-likeness (QED) is 0.217. The first kappa shape index (κ1) is 25.9. The Labute approximate surface area is 223 Å². The van der Waals surface area contributed by atoms with E-state index in [2.05, 4.69) is 25.6 Å². The molecule has 39 heavy (non-hydrogen) atoms.